The Bertz CT molecular complexity index is 1790. The molecule has 0 aromatic heterocycles. The summed E-state index contributed by atoms with van der Waals surface area (Å²) in [6.07, 6.45) is -3.91. The molecule has 0 fully saturated rings. The minimum atomic E-state index is -5.08. The zero-order valence-electron chi connectivity index (χ0n) is 26.0. The summed E-state index contributed by atoms with van der Waals surface area (Å²) in [6.45, 7) is 0.588. The first-order valence-corrected chi connectivity index (χ1v) is 14.7. The second-order valence-corrected chi connectivity index (χ2v) is 10.5. The van der Waals surface area contributed by atoms with Gasteiger partial charge in [-0.25, -0.2) is 4.79 Å². The van der Waals surface area contributed by atoms with Crippen LogP contribution in [0.1, 0.15) is 37.4 Å². The van der Waals surface area contributed by atoms with Gasteiger partial charge in [-0.2, -0.15) is 13.2 Å². The van der Waals surface area contributed by atoms with Gasteiger partial charge in [0.15, 0.2) is 0 Å². The summed E-state index contributed by atoms with van der Waals surface area (Å²) in [7, 11) is 0. The van der Waals surface area contributed by atoms with Crippen LogP contribution >= 0.6 is 0 Å². The van der Waals surface area contributed by atoms with Crippen molar-refractivity contribution in [2.75, 3.05) is 22.9 Å². The number of carbonyl (C=O) groups excluding carboxylic acids is 3. The molecular weight excluding hydrogens is 645 g/mol. The maximum atomic E-state index is 12.6. The topological polar surface area (TPSA) is 184 Å². The van der Waals surface area contributed by atoms with Crippen molar-refractivity contribution >= 4 is 41.0 Å². The monoisotopic (exact) mass is 678 g/mol. The van der Waals surface area contributed by atoms with Gasteiger partial charge in [-0.15, -0.1) is 0 Å². The van der Waals surface area contributed by atoms with E-state index in [9.17, 15) is 32.3 Å². The predicted octanol–water partition coefficient (Wildman–Crippen LogP) is 4.43. The number of hydrogen-bond donors (Lipinski definition) is 4. The lowest BCUT2D eigenvalue weighted by molar-refractivity contribution is -0.192. The van der Waals surface area contributed by atoms with Gasteiger partial charge in [0.2, 0.25) is 11.8 Å². The highest BCUT2D eigenvalue weighted by atomic mass is 19.4. The summed E-state index contributed by atoms with van der Waals surface area (Å²) >= 11 is 0. The molecule has 3 amide bonds. The number of carbonyl (C=O) groups is 5. The fourth-order valence-corrected chi connectivity index (χ4v) is 4.67. The molecule has 14 heteroatoms. The number of nitrogens with two attached hydrogens (primary N) is 2. The minimum Gasteiger partial charge on any atom is -0.480 e. The van der Waals surface area contributed by atoms with Crippen LogP contribution in [0.5, 0.6) is 0 Å². The normalized spacial score (nSPS) is 11.6. The quantitative estimate of drug-likeness (QED) is 0.211. The van der Waals surface area contributed by atoms with Gasteiger partial charge in [-0.05, 0) is 59.5 Å². The molecule has 0 saturated carbocycles. The largest absolute Gasteiger partial charge is 0.490 e. The highest BCUT2D eigenvalue weighted by molar-refractivity contribution is 6.08. The van der Waals surface area contributed by atoms with Crippen LogP contribution in [-0.2, 0) is 33.8 Å². The van der Waals surface area contributed by atoms with Gasteiger partial charge in [0.05, 0.1) is 6.42 Å². The zero-order valence-corrected chi connectivity index (χ0v) is 26.0. The number of para-hydroxylation sites is 1. The number of hydrogen-bond acceptors (Lipinski definition) is 6. The number of halogens is 3. The summed E-state index contributed by atoms with van der Waals surface area (Å²) in [5.74, 6) is -4.62. The molecule has 0 saturated heterocycles. The van der Waals surface area contributed by atoms with Crippen LogP contribution < -0.4 is 21.3 Å². The fourth-order valence-electron chi connectivity index (χ4n) is 4.67. The predicted molar refractivity (Wildman–Crippen MR) is 175 cm³/mol. The van der Waals surface area contributed by atoms with Crippen LogP contribution in [0.25, 0.3) is 0 Å². The summed E-state index contributed by atoms with van der Waals surface area (Å²) < 4.78 is 31.7. The second kappa shape index (κ2) is 17.2. The Kier molecular flexibility index (Phi) is 13.2. The maximum Gasteiger partial charge on any atom is 0.490 e. The minimum absolute atomic E-state index is 0.0431. The van der Waals surface area contributed by atoms with Gasteiger partial charge in [0.25, 0.3) is 5.91 Å². The van der Waals surface area contributed by atoms with Crippen LogP contribution in [0.4, 0.5) is 24.5 Å². The van der Waals surface area contributed by atoms with Crippen molar-refractivity contribution in [2.24, 2.45) is 11.5 Å². The number of anilines is 2. The third-order valence-corrected chi connectivity index (χ3v) is 7.02. The molecule has 256 valence electrons. The van der Waals surface area contributed by atoms with Crippen LogP contribution in [-0.4, -0.2) is 59.1 Å². The number of fused-ring (bicyclic) bond motifs is 1. The van der Waals surface area contributed by atoms with Gasteiger partial charge in [0.1, 0.15) is 6.54 Å². The summed E-state index contributed by atoms with van der Waals surface area (Å²) in [4.78, 5) is 59.2. The van der Waals surface area contributed by atoms with Crippen molar-refractivity contribution in [3.63, 3.8) is 0 Å². The van der Waals surface area contributed by atoms with E-state index in [1.807, 2.05) is 48.5 Å². The number of aliphatic carboxylic acids is 2. The van der Waals surface area contributed by atoms with Crippen LogP contribution in [0, 0.1) is 0 Å². The molecule has 0 spiro atoms. The van der Waals surface area contributed by atoms with Gasteiger partial charge in [0, 0.05) is 35.6 Å². The Morgan fingerprint density at radius 3 is 1.92 bits per heavy atom. The second-order valence-electron chi connectivity index (χ2n) is 10.5. The van der Waals surface area contributed by atoms with E-state index in [4.69, 9.17) is 26.5 Å². The standard InChI is InChI=1S/C17H16N2O2.C16H16N2O3.C2HF3O2/c18-17(21)14-7-6-13-8-9-19(15(13)11-14)16(20)10-12-4-2-1-3-5-12;17-10-12-5-4-6-13(9-12)16(21)18(11-15(19)20)14-7-2-1-3-8-14;3-2(4,5)1(6)7/h1-7,11H,8-10H2,(H2,18,21);1-9H,10-11,17H2,(H,19,20);(H,6,7). The highest BCUT2D eigenvalue weighted by Gasteiger charge is 2.38. The van der Waals surface area contributed by atoms with E-state index in [2.05, 4.69) is 0 Å². The Labute approximate surface area is 279 Å². The van der Waals surface area contributed by atoms with Crippen molar-refractivity contribution in [1.29, 1.82) is 0 Å². The van der Waals surface area contributed by atoms with E-state index in [0.717, 1.165) is 28.8 Å². The third kappa shape index (κ3) is 11.0. The SMILES string of the molecule is NC(=O)c1ccc2c(c1)N(C(=O)Cc1ccccc1)CC2.NCc1cccc(C(=O)N(CC(=O)O)c2ccccc2)c1.O=C(O)C(F)(F)F. The molecule has 4 aromatic carbocycles. The summed E-state index contributed by atoms with van der Waals surface area (Å²) in [5, 5.41) is 16.2. The molecule has 1 aliphatic heterocycles. The van der Waals surface area contributed by atoms with Crippen molar-refractivity contribution in [1.82, 2.24) is 0 Å². The Morgan fingerprint density at radius 1 is 0.776 bits per heavy atom. The average molecular weight is 679 g/mol. The number of benzene rings is 4. The average Bonchev–Trinajstić information content (AvgIpc) is 3.51. The molecule has 6 N–H and O–H groups in total. The first-order valence-electron chi connectivity index (χ1n) is 14.7. The number of nitrogens with zero attached hydrogens (tertiary/aromatic N) is 2. The molecule has 0 atom stereocenters. The van der Waals surface area contributed by atoms with Crippen molar-refractivity contribution in [2.45, 2.75) is 25.6 Å². The molecule has 11 nitrogen and oxygen atoms in total. The molecule has 4 aromatic rings. The number of primary amides is 1. The maximum absolute atomic E-state index is 12.6. The van der Waals surface area contributed by atoms with Crippen LogP contribution in [0.3, 0.4) is 0 Å². The molecule has 1 aliphatic rings. The fraction of sp³-hybridized carbons (Fsp3) is 0.171. The summed E-state index contributed by atoms with van der Waals surface area (Å²) in [6, 6.07) is 30.6. The van der Waals surface area contributed by atoms with Crippen molar-refractivity contribution < 1.29 is 47.4 Å². The Morgan fingerprint density at radius 2 is 1.37 bits per heavy atom. The van der Waals surface area contributed by atoms with E-state index in [1.165, 1.54) is 4.90 Å². The van der Waals surface area contributed by atoms with Crippen LogP contribution in [0.15, 0.2) is 103 Å². The molecule has 5 rings (SSSR count). The van der Waals surface area contributed by atoms with Gasteiger partial charge >= 0.3 is 18.1 Å². The zero-order chi connectivity index (χ0) is 36.1. The number of carboxylic acid groups (broad SMARTS) is 2. The van der Waals surface area contributed by atoms with E-state index in [-0.39, 0.29) is 11.8 Å². The number of alkyl halides is 3. The molecule has 1 heterocycles. The number of rotatable bonds is 8. The van der Waals surface area contributed by atoms with Crippen LogP contribution in [0.2, 0.25) is 0 Å². The van der Waals surface area contributed by atoms with Crippen molar-refractivity contribution in [3.8, 4) is 0 Å². The lowest BCUT2D eigenvalue weighted by atomic mass is 10.1. The number of amides is 3. The van der Waals surface area contributed by atoms with Gasteiger partial charge < -0.3 is 26.6 Å². The first kappa shape index (κ1) is 37.4. The van der Waals surface area contributed by atoms with Crippen molar-refractivity contribution in [3.05, 3.63) is 131 Å². The number of carboxylic acids is 2. The molecular formula is C35H33F3N4O7. The molecule has 0 unspecified atom stereocenters. The van der Waals surface area contributed by atoms with E-state index >= 15 is 0 Å². The van der Waals surface area contributed by atoms with E-state index in [1.54, 1.807) is 59.5 Å². The van der Waals surface area contributed by atoms with E-state index in [0.29, 0.717) is 36.3 Å². The first-order chi connectivity index (χ1) is 23.2. The third-order valence-electron chi connectivity index (χ3n) is 7.02. The molecule has 49 heavy (non-hydrogen) atoms. The molecule has 0 aliphatic carbocycles. The molecule has 0 bridgehead atoms. The lowest BCUT2D eigenvalue weighted by Crippen LogP contribution is -2.35. The van der Waals surface area contributed by atoms with E-state index < -0.39 is 30.6 Å². The Balaban J connectivity index is 0.000000223. The highest BCUT2D eigenvalue weighted by Crippen LogP contribution is 2.29. The van der Waals surface area contributed by atoms with Gasteiger partial charge in [-0.1, -0.05) is 66.7 Å². The Hall–Kier alpha value is -6.02. The van der Waals surface area contributed by atoms with Gasteiger partial charge in [-0.3, -0.25) is 24.1 Å². The smallest absolute Gasteiger partial charge is 0.480 e. The summed E-state index contributed by atoms with van der Waals surface area (Å²) in [5.41, 5.74) is 16.0. The lowest BCUT2D eigenvalue weighted by Gasteiger charge is -2.21. The molecule has 0 radical (unpaired) electrons.